The number of urea groups is 1. The predicted molar refractivity (Wildman–Crippen MR) is 157 cm³/mol. The summed E-state index contributed by atoms with van der Waals surface area (Å²) in [5, 5.41) is 7.12. The summed E-state index contributed by atoms with van der Waals surface area (Å²) in [4.78, 5) is 58.8. The summed E-state index contributed by atoms with van der Waals surface area (Å²) in [5.74, 6) is -0.584. The van der Waals surface area contributed by atoms with Crippen LogP contribution in [0.25, 0.3) is 0 Å². The van der Waals surface area contributed by atoms with E-state index in [0.717, 1.165) is 0 Å². The van der Waals surface area contributed by atoms with Crippen molar-refractivity contribution in [2.45, 2.75) is 44.9 Å². The van der Waals surface area contributed by atoms with Crippen molar-refractivity contribution in [2.24, 2.45) is 10.7 Å². The number of nitrogens with one attached hydrogen (secondary N) is 1. The van der Waals surface area contributed by atoms with Gasteiger partial charge in [-0.3, -0.25) is 24.3 Å². The third kappa shape index (κ3) is 6.54. The van der Waals surface area contributed by atoms with Gasteiger partial charge in [-0.2, -0.15) is 0 Å². The standard InChI is InChI=1S/C30H31ClN6O6/c1-30(2,3)42-23-14-18(21(38)15-24(32)39)6-9-20(23)28-35-26(22-10-11-34-43-22)27(17-4-7-19(31)8-5-17)37(28)29(41)36-13-12-33-25(40)16-36/h4-11,14,26-27H,12-13,15-16H2,1-3H3,(H2,32,39)(H,33,40)/t26-,27+/m0/s1. The largest absolute Gasteiger partial charge is 0.487 e. The van der Waals surface area contributed by atoms with Gasteiger partial charge in [0.15, 0.2) is 11.5 Å². The van der Waals surface area contributed by atoms with Gasteiger partial charge in [-0.05, 0) is 50.6 Å². The van der Waals surface area contributed by atoms with Gasteiger partial charge in [0.25, 0.3) is 0 Å². The molecule has 3 aromatic rings. The Morgan fingerprint density at radius 2 is 1.88 bits per heavy atom. The number of Topliss-reactive ketones (excluding diaryl/α,β-unsaturated/α-hetero) is 1. The molecule has 1 fully saturated rings. The normalized spacial score (nSPS) is 18.7. The second-order valence-corrected chi connectivity index (χ2v) is 11.7. The second-order valence-electron chi connectivity index (χ2n) is 11.2. The Hall–Kier alpha value is -4.71. The van der Waals surface area contributed by atoms with E-state index in [9.17, 15) is 19.2 Å². The molecule has 12 nitrogen and oxygen atoms in total. The van der Waals surface area contributed by atoms with E-state index in [2.05, 4.69) is 10.5 Å². The van der Waals surface area contributed by atoms with Crippen LogP contribution >= 0.6 is 11.6 Å². The molecule has 4 amide bonds. The number of amides is 4. The summed E-state index contributed by atoms with van der Waals surface area (Å²) in [6, 6.07) is 11.5. The molecule has 2 aliphatic rings. The highest BCUT2D eigenvalue weighted by molar-refractivity contribution is 6.30. The van der Waals surface area contributed by atoms with Crippen molar-refractivity contribution in [1.82, 2.24) is 20.3 Å². The highest BCUT2D eigenvalue weighted by atomic mass is 35.5. The van der Waals surface area contributed by atoms with E-state index in [1.165, 1.54) is 28.1 Å². The maximum absolute atomic E-state index is 14.4. The maximum atomic E-state index is 14.4. The number of ketones is 1. The van der Waals surface area contributed by atoms with Gasteiger partial charge in [-0.1, -0.05) is 35.0 Å². The molecule has 0 aliphatic carbocycles. The lowest BCUT2D eigenvalue weighted by molar-refractivity contribution is -0.123. The van der Waals surface area contributed by atoms with Gasteiger partial charge < -0.3 is 25.2 Å². The van der Waals surface area contributed by atoms with E-state index in [4.69, 9.17) is 31.6 Å². The molecule has 0 saturated carbocycles. The van der Waals surface area contributed by atoms with Gasteiger partial charge in [-0.15, -0.1) is 0 Å². The van der Waals surface area contributed by atoms with Gasteiger partial charge in [-0.25, -0.2) is 4.79 Å². The molecule has 1 aromatic heterocycles. The van der Waals surface area contributed by atoms with Crippen LogP contribution in [0.2, 0.25) is 5.02 Å². The smallest absolute Gasteiger partial charge is 0.326 e. The molecule has 5 rings (SSSR count). The molecule has 0 bridgehead atoms. The fraction of sp³-hybridized carbons (Fsp3) is 0.333. The van der Waals surface area contributed by atoms with Gasteiger partial charge >= 0.3 is 6.03 Å². The molecule has 2 aliphatic heterocycles. The number of ether oxygens (including phenoxy) is 1. The Balaban J connectivity index is 1.69. The number of piperazine rings is 1. The molecular weight excluding hydrogens is 576 g/mol. The number of aromatic nitrogens is 1. The zero-order valence-electron chi connectivity index (χ0n) is 23.9. The van der Waals surface area contributed by atoms with Crippen LogP contribution in [0.1, 0.15) is 66.5 Å². The van der Waals surface area contributed by atoms with E-state index in [0.29, 0.717) is 35.0 Å². The minimum Gasteiger partial charge on any atom is -0.487 e. The molecular formula is C30H31ClN6O6. The molecule has 0 radical (unpaired) electrons. The van der Waals surface area contributed by atoms with Crippen molar-refractivity contribution in [1.29, 1.82) is 0 Å². The number of carbonyl (C=O) groups is 4. The Bertz CT molecular complexity index is 1580. The van der Waals surface area contributed by atoms with Crippen molar-refractivity contribution in [3.05, 3.63) is 82.2 Å². The first-order valence-electron chi connectivity index (χ1n) is 13.6. The van der Waals surface area contributed by atoms with Crippen LogP contribution in [0.5, 0.6) is 5.75 Å². The number of carbonyl (C=O) groups excluding carboxylic acids is 4. The van der Waals surface area contributed by atoms with Crippen LogP contribution in [0.15, 0.2) is 64.2 Å². The van der Waals surface area contributed by atoms with Crippen molar-refractivity contribution in [2.75, 3.05) is 19.6 Å². The average Bonchev–Trinajstić information content (AvgIpc) is 3.60. The van der Waals surface area contributed by atoms with Crippen LogP contribution in [-0.2, 0) is 9.59 Å². The first kappa shape index (κ1) is 29.8. The Labute approximate surface area is 252 Å². The predicted octanol–water partition coefficient (Wildman–Crippen LogP) is 3.66. The highest BCUT2D eigenvalue weighted by Gasteiger charge is 2.46. The second kappa shape index (κ2) is 11.9. The first-order valence-corrected chi connectivity index (χ1v) is 14.0. The quantitative estimate of drug-likeness (QED) is 0.306. The third-order valence-electron chi connectivity index (χ3n) is 6.84. The van der Waals surface area contributed by atoms with Crippen molar-refractivity contribution in [3.63, 3.8) is 0 Å². The van der Waals surface area contributed by atoms with Crippen LogP contribution in [0.4, 0.5) is 4.79 Å². The van der Waals surface area contributed by atoms with Crippen molar-refractivity contribution in [3.8, 4) is 5.75 Å². The van der Waals surface area contributed by atoms with Gasteiger partial charge in [0, 0.05) is 29.7 Å². The molecule has 3 N–H and O–H groups in total. The summed E-state index contributed by atoms with van der Waals surface area (Å²) < 4.78 is 11.8. The number of amidine groups is 1. The molecule has 2 atom stereocenters. The van der Waals surface area contributed by atoms with E-state index < -0.39 is 41.8 Å². The topological polar surface area (TPSA) is 160 Å². The number of nitrogens with zero attached hydrogens (tertiary/aromatic N) is 4. The molecule has 3 heterocycles. The number of primary amides is 1. The Morgan fingerprint density at radius 1 is 1.14 bits per heavy atom. The molecule has 13 heteroatoms. The average molecular weight is 607 g/mol. The summed E-state index contributed by atoms with van der Waals surface area (Å²) in [6.45, 7) is 5.99. The van der Waals surface area contributed by atoms with Crippen molar-refractivity contribution >= 4 is 41.1 Å². The molecule has 0 unspecified atom stereocenters. The first-order chi connectivity index (χ1) is 20.4. The summed E-state index contributed by atoms with van der Waals surface area (Å²) in [5.41, 5.74) is 5.90. The van der Waals surface area contributed by atoms with Gasteiger partial charge in [0.2, 0.25) is 11.8 Å². The van der Waals surface area contributed by atoms with Crippen molar-refractivity contribution < 1.29 is 28.4 Å². The Kier molecular flexibility index (Phi) is 8.23. The van der Waals surface area contributed by atoms with Crippen LogP contribution in [0.3, 0.4) is 0 Å². The highest BCUT2D eigenvalue weighted by Crippen LogP contribution is 2.45. The number of halogens is 1. The lowest BCUT2D eigenvalue weighted by Gasteiger charge is -2.35. The summed E-state index contributed by atoms with van der Waals surface area (Å²) >= 11 is 6.21. The molecule has 224 valence electrons. The van der Waals surface area contributed by atoms with Gasteiger partial charge in [0.1, 0.15) is 29.8 Å². The molecule has 2 aromatic carbocycles. The van der Waals surface area contributed by atoms with E-state index in [1.54, 1.807) is 36.4 Å². The Morgan fingerprint density at radius 3 is 2.51 bits per heavy atom. The lowest BCUT2D eigenvalue weighted by Crippen LogP contribution is -2.55. The summed E-state index contributed by atoms with van der Waals surface area (Å²) in [6.07, 6.45) is 1.03. The number of hydrogen-bond acceptors (Lipinski definition) is 8. The lowest BCUT2D eigenvalue weighted by atomic mass is 9.97. The summed E-state index contributed by atoms with van der Waals surface area (Å²) in [7, 11) is 0. The SMILES string of the molecule is CC(C)(C)Oc1cc(C(=O)CC(N)=O)ccc1C1=N[C@@H](c2ccno2)[C@@H](c2ccc(Cl)cc2)N1C(=O)N1CCNC(=O)C1. The molecule has 43 heavy (non-hydrogen) atoms. The fourth-order valence-electron chi connectivity index (χ4n) is 5.04. The van der Waals surface area contributed by atoms with E-state index in [-0.39, 0.29) is 29.6 Å². The fourth-order valence-corrected chi connectivity index (χ4v) is 5.17. The van der Waals surface area contributed by atoms with Crippen LogP contribution in [-0.4, -0.2) is 69.7 Å². The number of benzene rings is 2. The van der Waals surface area contributed by atoms with Crippen LogP contribution < -0.4 is 15.8 Å². The third-order valence-corrected chi connectivity index (χ3v) is 7.09. The monoisotopic (exact) mass is 606 g/mol. The van der Waals surface area contributed by atoms with E-state index in [1.807, 2.05) is 20.8 Å². The van der Waals surface area contributed by atoms with E-state index >= 15 is 0 Å². The minimum atomic E-state index is -0.754. The van der Waals surface area contributed by atoms with Gasteiger partial charge in [0.05, 0.1) is 24.2 Å². The van der Waals surface area contributed by atoms with Crippen LogP contribution in [0, 0.1) is 0 Å². The number of aliphatic imine (C=N–C) groups is 1. The minimum absolute atomic E-state index is 0.130. The number of rotatable bonds is 7. The maximum Gasteiger partial charge on any atom is 0.326 e. The number of hydrogen-bond donors (Lipinski definition) is 2. The molecule has 1 saturated heterocycles. The zero-order valence-corrected chi connectivity index (χ0v) is 24.6. The number of nitrogens with two attached hydrogens (primary N) is 1. The zero-order chi connectivity index (χ0) is 30.9. The molecule has 0 spiro atoms.